The molecule has 0 amide bonds. The first-order valence-corrected chi connectivity index (χ1v) is 9.58. The van der Waals surface area contributed by atoms with Crippen LogP contribution >= 0.6 is 0 Å². The molecule has 32 heavy (non-hydrogen) atoms. The van der Waals surface area contributed by atoms with E-state index in [-0.39, 0.29) is 12.4 Å². The van der Waals surface area contributed by atoms with E-state index in [1.807, 2.05) is 0 Å². The second kappa shape index (κ2) is 9.04. The molecular formula is C22H17F4N5O. The second-order valence-electron chi connectivity index (χ2n) is 6.76. The van der Waals surface area contributed by atoms with Gasteiger partial charge < -0.3 is 10.1 Å². The second-order valence-corrected chi connectivity index (χ2v) is 6.76. The van der Waals surface area contributed by atoms with E-state index in [1.165, 1.54) is 41.2 Å². The standard InChI is InChI=1S/C22H17F4N5O/c23-16-7-11-18(12-8-16)32-14-13-31-29-21(28-30-31)19-3-1-2-4-20(19)27-17-9-5-15(6-10-17)22(24,25)26/h1-12,27H,13-14H2. The van der Waals surface area contributed by atoms with E-state index in [2.05, 4.69) is 20.7 Å². The number of tetrazole rings is 1. The van der Waals surface area contributed by atoms with Crippen LogP contribution in [0.2, 0.25) is 0 Å². The average Bonchev–Trinajstić information content (AvgIpc) is 3.24. The van der Waals surface area contributed by atoms with Gasteiger partial charge in [0.15, 0.2) is 0 Å². The number of hydrogen-bond donors (Lipinski definition) is 1. The van der Waals surface area contributed by atoms with Gasteiger partial charge in [-0.25, -0.2) is 4.39 Å². The molecule has 0 saturated carbocycles. The molecule has 164 valence electrons. The lowest BCUT2D eigenvalue weighted by Crippen LogP contribution is -2.11. The molecule has 0 radical (unpaired) electrons. The third kappa shape index (κ3) is 5.20. The smallest absolute Gasteiger partial charge is 0.416 e. The van der Waals surface area contributed by atoms with Crippen LogP contribution in [0, 0.1) is 5.82 Å². The molecule has 0 saturated heterocycles. The van der Waals surface area contributed by atoms with E-state index in [9.17, 15) is 17.6 Å². The highest BCUT2D eigenvalue weighted by molar-refractivity contribution is 5.77. The molecule has 0 bridgehead atoms. The van der Waals surface area contributed by atoms with Gasteiger partial charge in [0.2, 0.25) is 5.82 Å². The van der Waals surface area contributed by atoms with Crippen molar-refractivity contribution in [2.24, 2.45) is 0 Å². The van der Waals surface area contributed by atoms with E-state index in [4.69, 9.17) is 4.74 Å². The Morgan fingerprint density at radius 2 is 1.62 bits per heavy atom. The molecule has 1 heterocycles. The van der Waals surface area contributed by atoms with Crippen molar-refractivity contribution in [3.05, 3.63) is 84.2 Å². The number of nitrogens with one attached hydrogen (secondary N) is 1. The number of ether oxygens (including phenoxy) is 1. The van der Waals surface area contributed by atoms with Gasteiger partial charge in [-0.05, 0) is 65.9 Å². The molecule has 0 aliphatic carbocycles. The molecule has 0 atom stereocenters. The molecular weight excluding hydrogens is 426 g/mol. The number of aromatic nitrogens is 4. The summed E-state index contributed by atoms with van der Waals surface area (Å²) in [4.78, 5) is 1.37. The first-order chi connectivity index (χ1) is 15.4. The highest BCUT2D eigenvalue weighted by Crippen LogP contribution is 2.32. The number of anilines is 2. The van der Waals surface area contributed by atoms with Crippen LogP contribution in [0.3, 0.4) is 0 Å². The summed E-state index contributed by atoms with van der Waals surface area (Å²) in [6.45, 7) is 0.575. The largest absolute Gasteiger partial charge is 0.492 e. The van der Waals surface area contributed by atoms with Gasteiger partial charge in [0, 0.05) is 16.9 Å². The van der Waals surface area contributed by atoms with E-state index in [1.54, 1.807) is 24.3 Å². The fourth-order valence-electron chi connectivity index (χ4n) is 2.91. The Kier molecular flexibility index (Phi) is 6.02. The summed E-state index contributed by atoms with van der Waals surface area (Å²) in [5.74, 6) is 0.531. The molecule has 10 heteroatoms. The van der Waals surface area contributed by atoms with Gasteiger partial charge in [-0.15, -0.1) is 10.2 Å². The zero-order chi connectivity index (χ0) is 22.6. The molecule has 0 fully saturated rings. The van der Waals surface area contributed by atoms with Gasteiger partial charge >= 0.3 is 6.18 Å². The van der Waals surface area contributed by atoms with Gasteiger partial charge in [0.1, 0.15) is 18.2 Å². The third-order valence-corrected chi connectivity index (χ3v) is 4.49. The van der Waals surface area contributed by atoms with Crippen molar-refractivity contribution in [2.75, 3.05) is 11.9 Å². The normalized spacial score (nSPS) is 11.4. The number of halogens is 4. The Hall–Kier alpha value is -3.95. The zero-order valence-electron chi connectivity index (χ0n) is 16.6. The molecule has 4 aromatic rings. The highest BCUT2D eigenvalue weighted by atomic mass is 19.4. The van der Waals surface area contributed by atoms with Crippen molar-refractivity contribution >= 4 is 11.4 Å². The highest BCUT2D eigenvalue weighted by Gasteiger charge is 2.29. The maximum atomic E-state index is 12.9. The molecule has 0 aliphatic heterocycles. The number of alkyl halides is 3. The maximum Gasteiger partial charge on any atom is 0.416 e. The summed E-state index contributed by atoms with van der Waals surface area (Å²) in [7, 11) is 0. The third-order valence-electron chi connectivity index (χ3n) is 4.49. The van der Waals surface area contributed by atoms with E-state index in [0.29, 0.717) is 35.1 Å². The Balaban J connectivity index is 1.43. The summed E-state index contributed by atoms with van der Waals surface area (Å²) in [6.07, 6.45) is -4.39. The van der Waals surface area contributed by atoms with Gasteiger partial charge in [-0.3, -0.25) is 0 Å². The van der Waals surface area contributed by atoms with Crippen LogP contribution in [0.1, 0.15) is 5.56 Å². The topological polar surface area (TPSA) is 64.9 Å². The van der Waals surface area contributed by atoms with Crippen LogP contribution in [0.15, 0.2) is 72.8 Å². The Morgan fingerprint density at radius 1 is 0.906 bits per heavy atom. The lowest BCUT2D eigenvalue weighted by atomic mass is 10.1. The lowest BCUT2D eigenvalue weighted by molar-refractivity contribution is -0.137. The van der Waals surface area contributed by atoms with Crippen LogP contribution in [-0.2, 0) is 12.7 Å². The van der Waals surface area contributed by atoms with Crippen molar-refractivity contribution in [3.63, 3.8) is 0 Å². The minimum Gasteiger partial charge on any atom is -0.492 e. The molecule has 0 aliphatic rings. The van der Waals surface area contributed by atoms with Gasteiger partial charge in [0.05, 0.1) is 12.1 Å². The maximum absolute atomic E-state index is 12.9. The quantitative estimate of drug-likeness (QED) is 0.392. The Morgan fingerprint density at radius 3 is 2.34 bits per heavy atom. The van der Waals surface area contributed by atoms with E-state index in [0.717, 1.165) is 12.1 Å². The monoisotopic (exact) mass is 443 g/mol. The molecule has 0 spiro atoms. The lowest BCUT2D eigenvalue weighted by Gasteiger charge is -2.11. The minimum absolute atomic E-state index is 0.257. The van der Waals surface area contributed by atoms with E-state index >= 15 is 0 Å². The van der Waals surface area contributed by atoms with Crippen LogP contribution in [0.25, 0.3) is 11.4 Å². The Labute approximate surface area is 180 Å². The number of nitrogens with zero attached hydrogens (tertiary/aromatic N) is 4. The van der Waals surface area contributed by atoms with Crippen molar-refractivity contribution in [3.8, 4) is 17.1 Å². The van der Waals surface area contributed by atoms with Crippen LogP contribution in [0.5, 0.6) is 5.75 Å². The average molecular weight is 443 g/mol. The predicted octanol–water partition coefficient (Wildman–Crippen LogP) is 5.32. The van der Waals surface area contributed by atoms with Gasteiger partial charge in [0.25, 0.3) is 0 Å². The minimum atomic E-state index is -4.39. The molecule has 1 N–H and O–H groups in total. The van der Waals surface area contributed by atoms with Crippen molar-refractivity contribution in [2.45, 2.75) is 12.7 Å². The molecule has 6 nitrogen and oxygen atoms in total. The van der Waals surface area contributed by atoms with Crippen LogP contribution < -0.4 is 10.1 Å². The first kappa shape index (κ1) is 21.3. The summed E-state index contributed by atoms with van der Waals surface area (Å²) in [5, 5.41) is 15.5. The molecule has 4 rings (SSSR count). The van der Waals surface area contributed by atoms with Crippen LogP contribution in [0.4, 0.5) is 28.9 Å². The number of para-hydroxylation sites is 1. The van der Waals surface area contributed by atoms with Gasteiger partial charge in [-0.2, -0.15) is 18.0 Å². The number of benzene rings is 3. The summed E-state index contributed by atoms with van der Waals surface area (Å²) in [6, 6.07) is 17.5. The summed E-state index contributed by atoms with van der Waals surface area (Å²) < 4.78 is 56.8. The summed E-state index contributed by atoms with van der Waals surface area (Å²) in [5.41, 5.74) is 1.03. The predicted molar refractivity (Wildman–Crippen MR) is 110 cm³/mol. The molecule has 0 unspecified atom stereocenters. The zero-order valence-corrected chi connectivity index (χ0v) is 16.6. The number of rotatable bonds is 7. The summed E-state index contributed by atoms with van der Waals surface area (Å²) >= 11 is 0. The fourth-order valence-corrected chi connectivity index (χ4v) is 2.91. The van der Waals surface area contributed by atoms with Crippen LogP contribution in [-0.4, -0.2) is 26.8 Å². The number of hydrogen-bond acceptors (Lipinski definition) is 5. The molecule has 1 aromatic heterocycles. The van der Waals surface area contributed by atoms with Crippen molar-refractivity contribution < 1.29 is 22.3 Å². The molecule has 3 aromatic carbocycles. The van der Waals surface area contributed by atoms with Gasteiger partial charge in [-0.1, -0.05) is 12.1 Å². The Bertz CT molecular complexity index is 1170. The SMILES string of the molecule is Fc1ccc(OCCn2nnc(-c3ccccc3Nc3ccc(C(F)(F)F)cc3)n2)cc1. The van der Waals surface area contributed by atoms with Crippen molar-refractivity contribution in [1.29, 1.82) is 0 Å². The fraction of sp³-hybridized carbons (Fsp3) is 0.136. The van der Waals surface area contributed by atoms with E-state index < -0.39 is 11.7 Å². The first-order valence-electron chi connectivity index (χ1n) is 9.58. The van der Waals surface area contributed by atoms with Crippen molar-refractivity contribution in [1.82, 2.24) is 20.2 Å².